The van der Waals surface area contributed by atoms with Crippen LogP contribution in [0.25, 0.3) is 0 Å². The molecule has 112 valence electrons. The number of carbonyl (C=O) groups is 1. The van der Waals surface area contributed by atoms with Crippen LogP contribution in [0.1, 0.15) is 27.7 Å². The minimum absolute atomic E-state index is 0.273. The average Bonchev–Trinajstić information content (AvgIpc) is 2.74. The lowest BCUT2D eigenvalue weighted by Crippen LogP contribution is -2.30. The first-order valence-electron chi connectivity index (χ1n) is 6.19. The summed E-state index contributed by atoms with van der Waals surface area (Å²) in [5.74, 6) is -0.515. The van der Waals surface area contributed by atoms with Gasteiger partial charge >= 0.3 is 5.97 Å². The molecule has 0 spiro atoms. The van der Waals surface area contributed by atoms with E-state index in [4.69, 9.17) is 4.74 Å². The first kappa shape index (κ1) is 15.2. The van der Waals surface area contributed by atoms with Gasteiger partial charge in [-0.05, 0) is 18.5 Å². The Balaban J connectivity index is 2.42. The van der Waals surface area contributed by atoms with Crippen molar-refractivity contribution in [2.24, 2.45) is 0 Å². The van der Waals surface area contributed by atoms with Crippen molar-refractivity contribution in [2.75, 3.05) is 24.9 Å². The van der Waals surface area contributed by atoms with E-state index in [1.807, 2.05) is 0 Å². The van der Waals surface area contributed by atoms with Gasteiger partial charge in [-0.2, -0.15) is 13.1 Å². The van der Waals surface area contributed by atoms with Crippen molar-refractivity contribution < 1.29 is 17.9 Å². The van der Waals surface area contributed by atoms with Gasteiger partial charge in [0.1, 0.15) is 5.00 Å². The number of rotatable bonds is 5. The maximum Gasteiger partial charge on any atom is 0.341 e. The molecule has 0 aliphatic carbocycles. The van der Waals surface area contributed by atoms with Gasteiger partial charge in [-0.1, -0.05) is 6.92 Å². The molecule has 0 saturated carbocycles. The van der Waals surface area contributed by atoms with Gasteiger partial charge < -0.3 is 10.1 Å². The first-order chi connectivity index (χ1) is 9.48. The summed E-state index contributed by atoms with van der Waals surface area (Å²) in [6.07, 6.45) is 0.680. The molecule has 0 aromatic carbocycles. The molecule has 3 N–H and O–H groups in total. The summed E-state index contributed by atoms with van der Waals surface area (Å²) >= 11 is 1.26. The number of ether oxygens (including phenoxy) is 1. The van der Waals surface area contributed by atoms with Crippen LogP contribution < -0.4 is 14.8 Å². The number of anilines is 1. The largest absolute Gasteiger partial charge is 0.465 e. The van der Waals surface area contributed by atoms with Gasteiger partial charge in [0, 0.05) is 18.0 Å². The van der Waals surface area contributed by atoms with Crippen LogP contribution in [-0.4, -0.2) is 34.6 Å². The zero-order valence-corrected chi connectivity index (χ0v) is 12.9. The van der Waals surface area contributed by atoms with E-state index in [9.17, 15) is 13.2 Å². The fourth-order valence-electron chi connectivity index (χ4n) is 2.07. The molecule has 1 aromatic rings. The quantitative estimate of drug-likeness (QED) is 0.685. The molecular weight excluding hydrogens is 302 g/mol. The molecule has 0 bridgehead atoms. The molecule has 0 fully saturated rings. The third-order valence-corrected chi connectivity index (χ3v) is 5.30. The zero-order valence-electron chi connectivity index (χ0n) is 11.3. The van der Waals surface area contributed by atoms with E-state index in [1.165, 1.54) is 18.4 Å². The van der Waals surface area contributed by atoms with Gasteiger partial charge in [-0.3, -0.25) is 4.72 Å². The molecule has 1 aliphatic rings. The van der Waals surface area contributed by atoms with Gasteiger partial charge in [-0.25, -0.2) is 4.79 Å². The fourth-order valence-corrected chi connectivity index (χ4v) is 4.42. The number of hydrogen-bond acceptors (Lipinski definition) is 6. The molecule has 0 amide bonds. The predicted molar refractivity (Wildman–Crippen MR) is 77.3 cm³/mol. The van der Waals surface area contributed by atoms with Gasteiger partial charge in [0.2, 0.25) is 0 Å². The number of esters is 1. The van der Waals surface area contributed by atoms with E-state index < -0.39 is 16.2 Å². The number of fused-ring (bicyclic) bond motifs is 1. The minimum Gasteiger partial charge on any atom is -0.465 e. The van der Waals surface area contributed by atoms with Gasteiger partial charge in [-0.15, -0.1) is 11.3 Å². The van der Waals surface area contributed by atoms with Crippen LogP contribution in [0, 0.1) is 0 Å². The number of methoxy groups -OCH3 is 1. The third-order valence-electron chi connectivity index (χ3n) is 2.88. The Morgan fingerprint density at radius 3 is 2.90 bits per heavy atom. The zero-order chi connectivity index (χ0) is 14.8. The van der Waals surface area contributed by atoms with Crippen LogP contribution in [0.4, 0.5) is 5.00 Å². The summed E-state index contributed by atoms with van der Waals surface area (Å²) in [5, 5.41) is 3.50. The van der Waals surface area contributed by atoms with Gasteiger partial charge in [0.05, 0.1) is 12.7 Å². The molecule has 9 heteroatoms. The Morgan fingerprint density at radius 1 is 1.50 bits per heavy atom. The van der Waals surface area contributed by atoms with E-state index in [1.54, 1.807) is 6.92 Å². The summed E-state index contributed by atoms with van der Waals surface area (Å²) < 4.78 is 33.1. The molecule has 0 saturated heterocycles. The Kier molecular flexibility index (Phi) is 4.63. The molecule has 1 aliphatic heterocycles. The fraction of sp³-hybridized carbons (Fsp3) is 0.545. The van der Waals surface area contributed by atoms with Crippen molar-refractivity contribution >= 4 is 32.5 Å². The average molecular weight is 319 g/mol. The maximum atomic E-state index is 11.9. The van der Waals surface area contributed by atoms with Crippen molar-refractivity contribution in [2.45, 2.75) is 19.9 Å². The molecule has 2 rings (SSSR count). The molecule has 0 atom stereocenters. The standard InChI is InChI=1S/C11H17N3O4S2/c1-3-13-20(16,17)14-10-9(11(15)18-2)7-4-5-12-6-8(7)19-10/h12-14H,3-6H2,1-2H3. The lowest BCUT2D eigenvalue weighted by Gasteiger charge is -2.13. The molecular formula is C11H17N3O4S2. The van der Waals surface area contributed by atoms with Crippen LogP contribution in [0.3, 0.4) is 0 Å². The highest BCUT2D eigenvalue weighted by Crippen LogP contribution is 2.36. The molecule has 0 unspecified atom stereocenters. The lowest BCUT2D eigenvalue weighted by atomic mass is 10.0. The molecule has 7 nitrogen and oxygen atoms in total. The summed E-state index contributed by atoms with van der Waals surface area (Å²) in [7, 11) is -2.38. The van der Waals surface area contributed by atoms with Crippen molar-refractivity contribution in [3.63, 3.8) is 0 Å². The van der Waals surface area contributed by atoms with Crippen LogP contribution >= 0.6 is 11.3 Å². The van der Waals surface area contributed by atoms with Gasteiger partial charge in [0.15, 0.2) is 0 Å². The predicted octanol–water partition coefficient (Wildman–Crippen LogP) is 0.447. The number of hydrogen-bond donors (Lipinski definition) is 3. The normalized spacial score (nSPS) is 14.7. The van der Waals surface area contributed by atoms with Gasteiger partial charge in [0.25, 0.3) is 10.2 Å². The summed E-state index contributed by atoms with van der Waals surface area (Å²) in [5.41, 5.74) is 1.20. The summed E-state index contributed by atoms with van der Waals surface area (Å²) in [6, 6.07) is 0. The second kappa shape index (κ2) is 6.08. The second-order valence-electron chi connectivity index (χ2n) is 4.23. The van der Waals surface area contributed by atoms with Crippen molar-refractivity contribution in [1.29, 1.82) is 0 Å². The Morgan fingerprint density at radius 2 is 2.25 bits per heavy atom. The topological polar surface area (TPSA) is 96.5 Å². The Hall–Kier alpha value is -1.16. The van der Waals surface area contributed by atoms with Crippen molar-refractivity contribution in [3.05, 3.63) is 16.0 Å². The van der Waals surface area contributed by atoms with Crippen LogP contribution in [0.2, 0.25) is 0 Å². The van der Waals surface area contributed by atoms with Crippen LogP contribution in [0.15, 0.2) is 0 Å². The van der Waals surface area contributed by atoms with Crippen molar-refractivity contribution in [3.8, 4) is 0 Å². The monoisotopic (exact) mass is 319 g/mol. The second-order valence-corrected chi connectivity index (χ2v) is 6.83. The Labute approximate surface area is 121 Å². The van der Waals surface area contributed by atoms with E-state index in [2.05, 4.69) is 14.8 Å². The smallest absolute Gasteiger partial charge is 0.341 e. The highest BCUT2D eigenvalue weighted by atomic mass is 32.2. The molecule has 0 radical (unpaired) electrons. The number of nitrogens with one attached hydrogen (secondary N) is 3. The first-order valence-corrected chi connectivity index (χ1v) is 8.49. The summed E-state index contributed by atoms with van der Waals surface area (Å²) in [4.78, 5) is 12.9. The summed E-state index contributed by atoms with van der Waals surface area (Å²) in [6.45, 7) is 3.35. The Bertz CT molecular complexity index is 609. The molecule has 20 heavy (non-hydrogen) atoms. The maximum absolute atomic E-state index is 11.9. The van der Waals surface area contributed by atoms with Crippen molar-refractivity contribution in [1.82, 2.24) is 10.0 Å². The lowest BCUT2D eigenvalue weighted by molar-refractivity contribution is 0.0601. The highest BCUT2D eigenvalue weighted by molar-refractivity contribution is 7.91. The van der Waals surface area contributed by atoms with E-state index in [0.717, 1.165) is 17.0 Å². The van der Waals surface area contributed by atoms with E-state index in [0.29, 0.717) is 23.5 Å². The van der Waals surface area contributed by atoms with Crippen LogP contribution in [0.5, 0.6) is 0 Å². The highest BCUT2D eigenvalue weighted by Gasteiger charge is 2.27. The SMILES string of the molecule is CCNS(=O)(=O)Nc1sc2c(c1C(=O)OC)CCNC2. The molecule has 2 heterocycles. The molecule has 1 aromatic heterocycles. The van der Waals surface area contributed by atoms with Crippen LogP contribution in [-0.2, 0) is 27.9 Å². The number of carbonyl (C=O) groups excluding carboxylic acids is 1. The minimum atomic E-state index is -3.67. The van der Waals surface area contributed by atoms with E-state index in [-0.39, 0.29) is 6.54 Å². The van der Waals surface area contributed by atoms with E-state index >= 15 is 0 Å². The number of thiophene rings is 1. The third kappa shape index (κ3) is 3.11.